The van der Waals surface area contributed by atoms with Crippen LogP contribution in [0.15, 0.2) is 42.5 Å². The Morgan fingerprint density at radius 1 is 1.06 bits per heavy atom. The van der Waals surface area contributed by atoms with Crippen molar-refractivity contribution in [2.24, 2.45) is 0 Å². The summed E-state index contributed by atoms with van der Waals surface area (Å²) < 4.78 is 53.3. The van der Waals surface area contributed by atoms with Gasteiger partial charge in [0.05, 0.1) is 25.2 Å². The molecule has 2 aromatic carbocycles. The fourth-order valence-electron chi connectivity index (χ4n) is 3.92. The van der Waals surface area contributed by atoms with Gasteiger partial charge in [-0.2, -0.15) is 18.3 Å². The SMILES string of the molecule is Cc1cc(N2CCn3nc(C(F)(F)F)cc3C2)cc(C)c1NC(=O)Cc1ccc(F)cc1. The van der Waals surface area contributed by atoms with Crippen molar-refractivity contribution in [1.82, 2.24) is 9.78 Å². The summed E-state index contributed by atoms with van der Waals surface area (Å²) in [5.74, 6) is -0.566. The molecule has 4 rings (SSSR count). The van der Waals surface area contributed by atoms with Crippen LogP contribution in [0.5, 0.6) is 0 Å². The zero-order chi connectivity index (χ0) is 23.0. The van der Waals surface area contributed by atoms with E-state index in [1.54, 1.807) is 12.1 Å². The van der Waals surface area contributed by atoms with Gasteiger partial charge in [0, 0.05) is 17.9 Å². The maximum atomic E-state index is 13.0. The Kier molecular flexibility index (Phi) is 5.66. The fraction of sp³-hybridized carbons (Fsp3) is 0.304. The third-order valence-corrected chi connectivity index (χ3v) is 5.51. The normalized spacial score (nSPS) is 13.8. The second-order valence-corrected chi connectivity index (χ2v) is 7.97. The molecule has 2 heterocycles. The number of carbonyl (C=O) groups excluding carboxylic acids is 1. The van der Waals surface area contributed by atoms with E-state index >= 15 is 0 Å². The molecular formula is C23H22F4N4O. The van der Waals surface area contributed by atoms with Gasteiger partial charge < -0.3 is 10.2 Å². The highest BCUT2D eigenvalue weighted by Crippen LogP contribution is 2.32. The van der Waals surface area contributed by atoms with Gasteiger partial charge >= 0.3 is 6.18 Å². The molecule has 1 aromatic heterocycles. The van der Waals surface area contributed by atoms with Crippen LogP contribution in [0.1, 0.15) is 28.1 Å². The van der Waals surface area contributed by atoms with Crippen LogP contribution in [0.3, 0.4) is 0 Å². The number of alkyl halides is 3. The Bertz CT molecular complexity index is 1130. The summed E-state index contributed by atoms with van der Waals surface area (Å²) in [7, 11) is 0. The first kappa shape index (κ1) is 21.9. The van der Waals surface area contributed by atoms with Crippen LogP contribution in [-0.4, -0.2) is 22.2 Å². The number of hydrogen-bond acceptors (Lipinski definition) is 3. The predicted molar refractivity (Wildman–Crippen MR) is 113 cm³/mol. The van der Waals surface area contributed by atoms with Crippen LogP contribution < -0.4 is 10.2 Å². The average molecular weight is 446 g/mol. The second-order valence-electron chi connectivity index (χ2n) is 7.97. The summed E-state index contributed by atoms with van der Waals surface area (Å²) in [5.41, 5.74) is 3.61. The number of carbonyl (C=O) groups is 1. The van der Waals surface area contributed by atoms with Crippen molar-refractivity contribution in [3.05, 3.63) is 76.4 Å². The first-order chi connectivity index (χ1) is 15.1. The molecule has 0 fully saturated rings. The molecule has 1 aliphatic rings. The average Bonchev–Trinajstić information content (AvgIpc) is 3.16. The van der Waals surface area contributed by atoms with Crippen molar-refractivity contribution in [3.63, 3.8) is 0 Å². The molecule has 0 radical (unpaired) electrons. The van der Waals surface area contributed by atoms with Crippen LogP contribution >= 0.6 is 0 Å². The summed E-state index contributed by atoms with van der Waals surface area (Å²) in [6, 6.07) is 10.7. The number of hydrogen-bond donors (Lipinski definition) is 1. The molecule has 1 aliphatic heterocycles. The molecule has 3 aromatic rings. The summed E-state index contributed by atoms with van der Waals surface area (Å²) in [4.78, 5) is 14.5. The number of halogens is 4. The minimum absolute atomic E-state index is 0.124. The third kappa shape index (κ3) is 4.61. The Morgan fingerprint density at radius 2 is 1.72 bits per heavy atom. The molecule has 0 saturated heterocycles. The van der Waals surface area contributed by atoms with E-state index in [0.29, 0.717) is 36.6 Å². The zero-order valence-electron chi connectivity index (χ0n) is 17.6. The highest BCUT2D eigenvalue weighted by molar-refractivity contribution is 5.94. The van der Waals surface area contributed by atoms with Gasteiger partial charge in [-0.25, -0.2) is 4.39 Å². The molecule has 9 heteroatoms. The van der Waals surface area contributed by atoms with E-state index in [-0.39, 0.29) is 18.1 Å². The number of rotatable bonds is 4. The Labute approximate surface area is 182 Å². The van der Waals surface area contributed by atoms with Gasteiger partial charge in [0.25, 0.3) is 0 Å². The number of aryl methyl sites for hydroxylation is 2. The minimum Gasteiger partial charge on any atom is -0.364 e. The smallest absolute Gasteiger partial charge is 0.364 e. The monoisotopic (exact) mass is 446 g/mol. The lowest BCUT2D eigenvalue weighted by Gasteiger charge is -2.30. The van der Waals surface area contributed by atoms with E-state index in [1.165, 1.54) is 16.8 Å². The van der Waals surface area contributed by atoms with E-state index < -0.39 is 11.9 Å². The van der Waals surface area contributed by atoms with E-state index in [9.17, 15) is 22.4 Å². The fourth-order valence-corrected chi connectivity index (χ4v) is 3.92. The summed E-state index contributed by atoms with van der Waals surface area (Å²) >= 11 is 0. The number of aromatic nitrogens is 2. The molecule has 5 nitrogen and oxygen atoms in total. The maximum Gasteiger partial charge on any atom is 0.435 e. The van der Waals surface area contributed by atoms with Crippen LogP contribution in [0.2, 0.25) is 0 Å². The van der Waals surface area contributed by atoms with Gasteiger partial charge in [0.2, 0.25) is 5.91 Å². The topological polar surface area (TPSA) is 50.2 Å². The van der Waals surface area contributed by atoms with Crippen molar-refractivity contribution >= 4 is 17.3 Å². The van der Waals surface area contributed by atoms with Gasteiger partial charge in [0.1, 0.15) is 5.82 Å². The Hall–Kier alpha value is -3.36. The molecular weight excluding hydrogens is 424 g/mol. The van der Waals surface area contributed by atoms with Crippen LogP contribution in [0.4, 0.5) is 28.9 Å². The van der Waals surface area contributed by atoms with Crippen LogP contribution in [0.25, 0.3) is 0 Å². The molecule has 0 aliphatic carbocycles. The van der Waals surface area contributed by atoms with Gasteiger partial charge in [-0.1, -0.05) is 12.1 Å². The van der Waals surface area contributed by atoms with E-state index in [0.717, 1.165) is 22.9 Å². The molecule has 1 N–H and O–H groups in total. The Morgan fingerprint density at radius 3 is 2.34 bits per heavy atom. The number of benzene rings is 2. The van der Waals surface area contributed by atoms with Gasteiger partial charge in [-0.05, 0) is 60.9 Å². The lowest BCUT2D eigenvalue weighted by Crippen LogP contribution is -2.34. The molecule has 0 bridgehead atoms. The maximum absolute atomic E-state index is 13.0. The first-order valence-corrected chi connectivity index (χ1v) is 10.1. The molecule has 0 atom stereocenters. The van der Waals surface area contributed by atoms with Crippen LogP contribution in [-0.2, 0) is 30.5 Å². The minimum atomic E-state index is -4.46. The number of nitrogens with one attached hydrogen (secondary N) is 1. The van der Waals surface area contributed by atoms with Crippen LogP contribution in [0, 0.1) is 19.7 Å². The van der Waals surface area contributed by atoms with Gasteiger partial charge in [-0.3, -0.25) is 9.48 Å². The molecule has 0 saturated carbocycles. The van der Waals surface area contributed by atoms with E-state index in [4.69, 9.17) is 0 Å². The largest absolute Gasteiger partial charge is 0.435 e. The molecule has 0 spiro atoms. The Balaban J connectivity index is 1.48. The quantitative estimate of drug-likeness (QED) is 0.583. The molecule has 0 unspecified atom stereocenters. The van der Waals surface area contributed by atoms with Crippen molar-refractivity contribution in [3.8, 4) is 0 Å². The summed E-state index contributed by atoms with van der Waals surface area (Å²) in [6.07, 6.45) is -4.34. The van der Waals surface area contributed by atoms with Crippen molar-refractivity contribution in [2.45, 2.75) is 39.5 Å². The lowest BCUT2D eigenvalue weighted by atomic mass is 10.1. The van der Waals surface area contributed by atoms with Crippen molar-refractivity contribution < 1.29 is 22.4 Å². The third-order valence-electron chi connectivity index (χ3n) is 5.51. The predicted octanol–water partition coefficient (Wildman–Crippen LogP) is 4.86. The number of nitrogens with zero attached hydrogens (tertiary/aromatic N) is 3. The first-order valence-electron chi connectivity index (χ1n) is 10.1. The zero-order valence-corrected chi connectivity index (χ0v) is 17.6. The van der Waals surface area contributed by atoms with E-state index in [2.05, 4.69) is 10.4 Å². The van der Waals surface area contributed by atoms with Gasteiger partial charge in [0.15, 0.2) is 5.69 Å². The highest BCUT2D eigenvalue weighted by Gasteiger charge is 2.35. The lowest BCUT2D eigenvalue weighted by molar-refractivity contribution is -0.141. The number of anilines is 2. The summed E-state index contributed by atoms with van der Waals surface area (Å²) in [6.45, 7) is 4.96. The number of amides is 1. The van der Waals surface area contributed by atoms with Crippen molar-refractivity contribution in [2.75, 3.05) is 16.8 Å². The second kappa shape index (κ2) is 8.29. The highest BCUT2D eigenvalue weighted by atomic mass is 19.4. The van der Waals surface area contributed by atoms with Gasteiger partial charge in [-0.15, -0.1) is 0 Å². The number of fused-ring (bicyclic) bond motifs is 1. The van der Waals surface area contributed by atoms with Crippen molar-refractivity contribution in [1.29, 1.82) is 0 Å². The standard InChI is InChI=1S/C23H22F4N4O/c1-14-9-18(30-7-8-31-19(13-30)12-20(29-31)23(25,26)27)10-15(2)22(14)28-21(32)11-16-3-5-17(24)6-4-16/h3-6,9-10,12H,7-8,11,13H2,1-2H3,(H,28,32). The molecule has 32 heavy (non-hydrogen) atoms. The van der Waals surface area contributed by atoms with E-state index in [1.807, 2.05) is 30.9 Å². The molecule has 1 amide bonds. The summed E-state index contributed by atoms with van der Waals surface area (Å²) in [5, 5.41) is 6.58. The molecule has 168 valence electrons.